The van der Waals surface area contributed by atoms with Gasteiger partial charge in [0.1, 0.15) is 0 Å². The standard InChI is InChI=1S/C15H16N2O4/c1-9-3-4-12(10(2)5-9)14(19)16-6-11(7-16)17-13(18)8-21-15(17)20/h3-5,11H,6-8H2,1-2H3. The van der Waals surface area contributed by atoms with Crippen molar-refractivity contribution in [3.8, 4) is 0 Å². The van der Waals surface area contributed by atoms with Gasteiger partial charge in [-0.25, -0.2) is 9.69 Å². The maximum Gasteiger partial charge on any atom is 0.417 e. The predicted molar refractivity (Wildman–Crippen MR) is 73.8 cm³/mol. The summed E-state index contributed by atoms with van der Waals surface area (Å²) in [5.74, 6) is -0.396. The van der Waals surface area contributed by atoms with Gasteiger partial charge >= 0.3 is 6.09 Å². The van der Waals surface area contributed by atoms with Crippen LogP contribution in [0.1, 0.15) is 21.5 Å². The lowest BCUT2D eigenvalue weighted by Gasteiger charge is -2.42. The fourth-order valence-corrected chi connectivity index (χ4v) is 2.73. The lowest BCUT2D eigenvalue weighted by atomic mass is 10.0. The quantitative estimate of drug-likeness (QED) is 0.817. The van der Waals surface area contributed by atoms with Gasteiger partial charge in [-0.1, -0.05) is 17.7 Å². The summed E-state index contributed by atoms with van der Waals surface area (Å²) in [5.41, 5.74) is 2.70. The monoisotopic (exact) mass is 288 g/mol. The highest BCUT2D eigenvalue weighted by molar-refractivity contribution is 5.99. The SMILES string of the molecule is Cc1ccc(C(=O)N2CC(N3C(=O)COC3=O)C2)c(C)c1. The van der Waals surface area contributed by atoms with Crippen molar-refractivity contribution in [2.75, 3.05) is 19.7 Å². The minimum absolute atomic E-state index is 0.0660. The molecule has 0 saturated carbocycles. The maximum atomic E-state index is 12.4. The molecule has 2 heterocycles. The van der Waals surface area contributed by atoms with Crippen LogP contribution in [0.15, 0.2) is 18.2 Å². The number of hydrogen-bond acceptors (Lipinski definition) is 4. The van der Waals surface area contributed by atoms with Crippen LogP contribution in [0.25, 0.3) is 0 Å². The first-order chi connectivity index (χ1) is 9.97. The van der Waals surface area contributed by atoms with Gasteiger partial charge in [0.25, 0.3) is 11.8 Å². The highest BCUT2D eigenvalue weighted by atomic mass is 16.6. The van der Waals surface area contributed by atoms with E-state index in [1.807, 2.05) is 32.0 Å². The van der Waals surface area contributed by atoms with Crippen molar-refractivity contribution in [1.82, 2.24) is 9.80 Å². The first kappa shape index (κ1) is 13.6. The zero-order valence-electron chi connectivity index (χ0n) is 12.0. The Balaban J connectivity index is 1.67. The Kier molecular flexibility index (Phi) is 3.16. The molecule has 0 unspecified atom stereocenters. The number of likely N-dealkylation sites (tertiary alicyclic amines) is 1. The summed E-state index contributed by atoms with van der Waals surface area (Å²) in [6.45, 7) is 4.42. The summed E-state index contributed by atoms with van der Waals surface area (Å²) in [6, 6.07) is 5.42. The van der Waals surface area contributed by atoms with Crippen LogP contribution in [0.5, 0.6) is 0 Å². The first-order valence-electron chi connectivity index (χ1n) is 6.82. The van der Waals surface area contributed by atoms with Crippen molar-refractivity contribution in [2.24, 2.45) is 0 Å². The van der Waals surface area contributed by atoms with Crippen molar-refractivity contribution in [3.05, 3.63) is 34.9 Å². The topological polar surface area (TPSA) is 66.9 Å². The Labute approximate surface area is 122 Å². The van der Waals surface area contributed by atoms with Gasteiger partial charge in [-0.3, -0.25) is 9.59 Å². The molecule has 0 N–H and O–H groups in total. The molecule has 1 aromatic carbocycles. The number of aryl methyl sites for hydroxylation is 2. The van der Waals surface area contributed by atoms with E-state index in [4.69, 9.17) is 0 Å². The van der Waals surface area contributed by atoms with E-state index in [0.717, 1.165) is 16.0 Å². The molecule has 2 aliphatic heterocycles. The molecular weight excluding hydrogens is 272 g/mol. The van der Waals surface area contributed by atoms with Crippen LogP contribution in [0.3, 0.4) is 0 Å². The molecule has 6 heteroatoms. The maximum absolute atomic E-state index is 12.4. The molecule has 0 aliphatic carbocycles. The Hall–Kier alpha value is -2.37. The summed E-state index contributed by atoms with van der Waals surface area (Å²) >= 11 is 0. The molecule has 6 nitrogen and oxygen atoms in total. The number of nitrogens with zero attached hydrogens (tertiary/aromatic N) is 2. The molecule has 1 aromatic rings. The smallest absolute Gasteiger partial charge is 0.417 e. The Morgan fingerprint density at radius 2 is 1.95 bits per heavy atom. The molecule has 110 valence electrons. The van der Waals surface area contributed by atoms with E-state index in [9.17, 15) is 14.4 Å². The van der Waals surface area contributed by atoms with E-state index >= 15 is 0 Å². The van der Waals surface area contributed by atoms with Gasteiger partial charge in [0, 0.05) is 18.7 Å². The molecular formula is C15H16N2O4. The van der Waals surface area contributed by atoms with Gasteiger partial charge < -0.3 is 9.64 Å². The van der Waals surface area contributed by atoms with Crippen LogP contribution in [0, 0.1) is 13.8 Å². The van der Waals surface area contributed by atoms with Crippen LogP contribution < -0.4 is 0 Å². The summed E-state index contributed by atoms with van der Waals surface area (Å²) < 4.78 is 4.68. The molecule has 2 aliphatic rings. The molecule has 2 fully saturated rings. The zero-order valence-corrected chi connectivity index (χ0v) is 12.0. The van der Waals surface area contributed by atoms with E-state index in [1.165, 1.54) is 0 Å². The number of hydrogen-bond donors (Lipinski definition) is 0. The van der Waals surface area contributed by atoms with Gasteiger partial charge in [-0.2, -0.15) is 0 Å². The first-order valence-corrected chi connectivity index (χ1v) is 6.82. The van der Waals surface area contributed by atoms with E-state index in [0.29, 0.717) is 18.7 Å². The molecule has 0 bridgehead atoms. The summed E-state index contributed by atoms with van der Waals surface area (Å²) in [4.78, 5) is 38.1. The van der Waals surface area contributed by atoms with Crippen molar-refractivity contribution >= 4 is 17.9 Å². The molecule has 0 aromatic heterocycles. The van der Waals surface area contributed by atoms with Gasteiger partial charge in [0.15, 0.2) is 6.61 Å². The van der Waals surface area contributed by atoms with Gasteiger partial charge in [0.2, 0.25) is 0 Å². The Morgan fingerprint density at radius 3 is 2.52 bits per heavy atom. The highest BCUT2D eigenvalue weighted by Crippen LogP contribution is 2.23. The summed E-state index contributed by atoms with van der Waals surface area (Å²) in [6.07, 6.45) is -0.608. The number of imide groups is 1. The van der Waals surface area contributed by atoms with Crippen molar-refractivity contribution in [2.45, 2.75) is 19.9 Å². The van der Waals surface area contributed by atoms with Crippen LogP contribution in [-0.4, -0.2) is 53.4 Å². The third-order valence-corrected chi connectivity index (χ3v) is 3.91. The molecule has 0 radical (unpaired) electrons. The molecule has 3 rings (SSSR count). The number of carbonyl (C=O) groups is 3. The lowest BCUT2D eigenvalue weighted by molar-refractivity contribution is -0.129. The average molecular weight is 288 g/mol. The normalized spacial score (nSPS) is 18.8. The fraction of sp³-hybridized carbons (Fsp3) is 0.400. The van der Waals surface area contributed by atoms with E-state index < -0.39 is 6.09 Å². The average Bonchev–Trinajstić information content (AvgIpc) is 2.69. The van der Waals surface area contributed by atoms with Gasteiger partial charge in [0.05, 0.1) is 6.04 Å². The van der Waals surface area contributed by atoms with E-state index in [1.54, 1.807) is 4.90 Å². The lowest BCUT2D eigenvalue weighted by Crippen LogP contribution is -2.62. The van der Waals surface area contributed by atoms with Crippen molar-refractivity contribution in [3.63, 3.8) is 0 Å². The van der Waals surface area contributed by atoms with Gasteiger partial charge in [-0.05, 0) is 25.5 Å². The molecule has 0 spiro atoms. The molecule has 2 saturated heterocycles. The Bertz CT molecular complexity index is 619. The largest absolute Gasteiger partial charge is 0.439 e. The minimum atomic E-state index is -0.608. The second-order valence-electron chi connectivity index (χ2n) is 5.50. The molecule has 0 atom stereocenters. The van der Waals surface area contributed by atoms with E-state index in [2.05, 4.69) is 4.74 Å². The summed E-state index contributed by atoms with van der Waals surface area (Å²) in [5, 5.41) is 0. The van der Waals surface area contributed by atoms with Gasteiger partial charge in [-0.15, -0.1) is 0 Å². The van der Waals surface area contributed by atoms with Crippen molar-refractivity contribution in [1.29, 1.82) is 0 Å². The second kappa shape index (κ2) is 4.87. The molecule has 3 amide bonds. The van der Waals surface area contributed by atoms with Crippen LogP contribution >= 0.6 is 0 Å². The number of benzene rings is 1. The number of amides is 3. The van der Waals surface area contributed by atoms with Crippen LogP contribution in [0.4, 0.5) is 4.79 Å². The molecule has 21 heavy (non-hydrogen) atoms. The van der Waals surface area contributed by atoms with Crippen molar-refractivity contribution < 1.29 is 19.1 Å². The number of carbonyl (C=O) groups excluding carboxylic acids is 3. The Morgan fingerprint density at radius 1 is 1.24 bits per heavy atom. The zero-order chi connectivity index (χ0) is 15.1. The number of cyclic esters (lactones) is 1. The fourth-order valence-electron chi connectivity index (χ4n) is 2.73. The van der Waals surface area contributed by atoms with Crippen LogP contribution in [-0.2, 0) is 9.53 Å². The number of rotatable bonds is 2. The summed E-state index contributed by atoms with van der Waals surface area (Å²) in [7, 11) is 0. The second-order valence-corrected chi connectivity index (χ2v) is 5.50. The third kappa shape index (κ3) is 2.26. The predicted octanol–water partition coefficient (Wildman–Crippen LogP) is 1.11. The van der Waals surface area contributed by atoms with Crippen LogP contribution in [0.2, 0.25) is 0 Å². The third-order valence-electron chi connectivity index (χ3n) is 3.91. The number of ether oxygens (including phenoxy) is 1. The minimum Gasteiger partial charge on any atom is -0.439 e. The highest BCUT2D eigenvalue weighted by Gasteiger charge is 2.44. The van der Waals surface area contributed by atoms with E-state index in [-0.39, 0.29) is 24.5 Å².